The normalized spacial score (nSPS) is 12.2. The molecule has 94 valence electrons. The molecular formula is C12H17NO3S. The lowest BCUT2D eigenvalue weighted by Crippen LogP contribution is -2.06. The van der Waals surface area contributed by atoms with E-state index < -0.39 is 0 Å². The Hall–Kier alpha value is -1.20. The molecule has 4 nitrogen and oxygen atoms in total. The lowest BCUT2D eigenvalue weighted by molar-refractivity contribution is 0.0526. The van der Waals surface area contributed by atoms with Crippen molar-refractivity contribution in [2.24, 2.45) is 0 Å². The van der Waals surface area contributed by atoms with Crippen molar-refractivity contribution < 1.29 is 14.6 Å². The van der Waals surface area contributed by atoms with Crippen molar-refractivity contribution in [2.75, 3.05) is 18.9 Å². The SMILES string of the molecule is CCOC(=O)c1ccc(SC(C)CO)c(N)c1. The van der Waals surface area contributed by atoms with Crippen molar-refractivity contribution in [3.05, 3.63) is 23.8 Å². The Labute approximate surface area is 105 Å². The van der Waals surface area contributed by atoms with Crippen LogP contribution < -0.4 is 5.73 Å². The van der Waals surface area contributed by atoms with E-state index in [9.17, 15) is 4.79 Å². The third-order valence-electron chi connectivity index (χ3n) is 2.11. The third kappa shape index (κ3) is 3.94. The highest BCUT2D eigenvalue weighted by Gasteiger charge is 2.11. The predicted molar refractivity (Wildman–Crippen MR) is 69.2 cm³/mol. The molecule has 1 aromatic rings. The van der Waals surface area contributed by atoms with Crippen LogP contribution in [0, 0.1) is 0 Å². The number of rotatable bonds is 5. The van der Waals surface area contributed by atoms with Gasteiger partial charge >= 0.3 is 5.97 Å². The number of ether oxygens (including phenoxy) is 1. The van der Waals surface area contributed by atoms with Gasteiger partial charge in [-0.05, 0) is 25.1 Å². The summed E-state index contributed by atoms with van der Waals surface area (Å²) in [5.41, 5.74) is 6.83. The zero-order valence-corrected chi connectivity index (χ0v) is 10.8. The summed E-state index contributed by atoms with van der Waals surface area (Å²) < 4.78 is 4.88. The second-order valence-corrected chi connectivity index (χ2v) is 5.06. The Morgan fingerprint density at radius 1 is 1.59 bits per heavy atom. The molecule has 1 aromatic carbocycles. The number of esters is 1. The molecule has 0 spiro atoms. The Morgan fingerprint density at radius 3 is 2.82 bits per heavy atom. The molecule has 0 radical (unpaired) electrons. The highest BCUT2D eigenvalue weighted by molar-refractivity contribution is 8.00. The first-order valence-corrected chi connectivity index (χ1v) is 6.30. The molecule has 0 saturated heterocycles. The summed E-state index contributed by atoms with van der Waals surface area (Å²) in [6, 6.07) is 5.06. The van der Waals surface area contributed by atoms with Crippen molar-refractivity contribution in [3.63, 3.8) is 0 Å². The van der Waals surface area contributed by atoms with Crippen LogP contribution in [0.1, 0.15) is 24.2 Å². The fourth-order valence-electron chi connectivity index (χ4n) is 1.25. The molecule has 0 heterocycles. The molecule has 0 fully saturated rings. The van der Waals surface area contributed by atoms with Crippen molar-refractivity contribution in [3.8, 4) is 0 Å². The zero-order valence-electron chi connectivity index (χ0n) is 9.97. The van der Waals surface area contributed by atoms with Gasteiger partial charge in [-0.15, -0.1) is 11.8 Å². The van der Waals surface area contributed by atoms with Crippen LogP contribution in [0.25, 0.3) is 0 Å². The van der Waals surface area contributed by atoms with E-state index in [-0.39, 0.29) is 17.8 Å². The first-order chi connectivity index (χ1) is 8.08. The van der Waals surface area contributed by atoms with Crippen molar-refractivity contribution in [2.45, 2.75) is 24.0 Å². The molecule has 1 unspecified atom stereocenters. The first kappa shape index (κ1) is 13.9. The molecule has 0 aliphatic rings. The van der Waals surface area contributed by atoms with Crippen LogP contribution in [0.3, 0.4) is 0 Å². The Kier molecular flexibility index (Phi) is 5.31. The minimum atomic E-state index is -0.369. The van der Waals surface area contributed by atoms with E-state index in [1.807, 2.05) is 6.92 Å². The van der Waals surface area contributed by atoms with E-state index in [4.69, 9.17) is 15.6 Å². The largest absolute Gasteiger partial charge is 0.462 e. The Bertz CT molecular complexity index is 395. The van der Waals surface area contributed by atoms with Crippen LogP contribution >= 0.6 is 11.8 Å². The monoisotopic (exact) mass is 255 g/mol. The van der Waals surface area contributed by atoms with Crippen LogP contribution in [-0.4, -0.2) is 29.5 Å². The van der Waals surface area contributed by atoms with E-state index in [0.717, 1.165) is 4.90 Å². The van der Waals surface area contributed by atoms with E-state index >= 15 is 0 Å². The number of benzene rings is 1. The minimum Gasteiger partial charge on any atom is -0.462 e. The lowest BCUT2D eigenvalue weighted by atomic mass is 10.2. The number of thioether (sulfide) groups is 1. The van der Waals surface area contributed by atoms with Crippen molar-refractivity contribution in [1.29, 1.82) is 0 Å². The fraction of sp³-hybridized carbons (Fsp3) is 0.417. The molecule has 0 aliphatic carbocycles. The minimum absolute atomic E-state index is 0.0748. The number of carbonyl (C=O) groups excluding carboxylic acids is 1. The summed E-state index contributed by atoms with van der Waals surface area (Å²) in [6.07, 6.45) is 0. The van der Waals surface area contributed by atoms with E-state index in [2.05, 4.69) is 0 Å². The number of hydrogen-bond acceptors (Lipinski definition) is 5. The summed E-state index contributed by atoms with van der Waals surface area (Å²) in [6.45, 7) is 4.10. The summed E-state index contributed by atoms with van der Waals surface area (Å²) >= 11 is 1.48. The number of hydrogen-bond donors (Lipinski definition) is 2. The van der Waals surface area contributed by atoms with Gasteiger partial charge in [0.05, 0.1) is 18.8 Å². The van der Waals surface area contributed by atoms with Gasteiger partial charge in [0.25, 0.3) is 0 Å². The van der Waals surface area contributed by atoms with Gasteiger partial charge < -0.3 is 15.6 Å². The van der Waals surface area contributed by atoms with Crippen LogP contribution in [0.2, 0.25) is 0 Å². The number of anilines is 1. The van der Waals surface area contributed by atoms with E-state index in [1.54, 1.807) is 25.1 Å². The van der Waals surface area contributed by atoms with E-state index in [1.165, 1.54) is 11.8 Å². The maximum atomic E-state index is 11.5. The quantitative estimate of drug-likeness (QED) is 0.478. The smallest absolute Gasteiger partial charge is 0.338 e. The fourth-order valence-corrected chi connectivity index (χ4v) is 2.10. The molecule has 0 aromatic heterocycles. The molecule has 3 N–H and O–H groups in total. The molecule has 0 amide bonds. The van der Waals surface area contributed by atoms with Crippen LogP contribution in [0.15, 0.2) is 23.1 Å². The molecule has 1 atom stereocenters. The standard InChI is InChI=1S/C12H17NO3S/c1-3-16-12(15)9-4-5-11(10(13)6-9)17-8(2)7-14/h4-6,8,14H,3,7,13H2,1-2H3. The van der Waals surface area contributed by atoms with Gasteiger partial charge in [0.1, 0.15) is 0 Å². The molecule has 1 rings (SSSR count). The lowest BCUT2D eigenvalue weighted by Gasteiger charge is -2.11. The van der Waals surface area contributed by atoms with Gasteiger partial charge in [0.15, 0.2) is 0 Å². The van der Waals surface area contributed by atoms with Crippen molar-refractivity contribution >= 4 is 23.4 Å². The molecule has 5 heteroatoms. The molecule has 17 heavy (non-hydrogen) atoms. The number of nitrogen functional groups attached to an aromatic ring is 1. The Morgan fingerprint density at radius 2 is 2.29 bits per heavy atom. The zero-order chi connectivity index (χ0) is 12.8. The summed E-state index contributed by atoms with van der Waals surface area (Å²) in [5, 5.41) is 9.04. The topological polar surface area (TPSA) is 72.5 Å². The van der Waals surface area contributed by atoms with Crippen LogP contribution in [0.4, 0.5) is 5.69 Å². The summed E-state index contributed by atoms with van der Waals surface area (Å²) in [4.78, 5) is 12.3. The van der Waals surface area contributed by atoms with Gasteiger partial charge in [-0.2, -0.15) is 0 Å². The molecular weight excluding hydrogens is 238 g/mol. The number of aliphatic hydroxyl groups is 1. The van der Waals surface area contributed by atoms with Crippen molar-refractivity contribution in [1.82, 2.24) is 0 Å². The van der Waals surface area contributed by atoms with Crippen LogP contribution in [0.5, 0.6) is 0 Å². The second-order valence-electron chi connectivity index (χ2n) is 3.58. The molecule has 0 aliphatic heterocycles. The summed E-state index contributed by atoms with van der Waals surface area (Å²) in [7, 11) is 0. The number of nitrogens with two attached hydrogens (primary N) is 1. The molecule has 0 saturated carbocycles. The Balaban J connectivity index is 2.82. The van der Waals surface area contributed by atoms with Gasteiger partial charge in [0, 0.05) is 15.8 Å². The second kappa shape index (κ2) is 6.51. The maximum Gasteiger partial charge on any atom is 0.338 e. The number of carbonyl (C=O) groups is 1. The van der Waals surface area contributed by atoms with Crippen LogP contribution in [-0.2, 0) is 4.74 Å². The van der Waals surface area contributed by atoms with Gasteiger partial charge in [-0.3, -0.25) is 0 Å². The number of aliphatic hydroxyl groups excluding tert-OH is 1. The summed E-state index contributed by atoms with van der Waals surface area (Å²) in [5.74, 6) is -0.369. The first-order valence-electron chi connectivity index (χ1n) is 5.42. The highest BCUT2D eigenvalue weighted by atomic mass is 32.2. The average Bonchev–Trinajstić information content (AvgIpc) is 2.31. The average molecular weight is 255 g/mol. The highest BCUT2D eigenvalue weighted by Crippen LogP contribution is 2.29. The van der Waals surface area contributed by atoms with E-state index in [0.29, 0.717) is 17.9 Å². The third-order valence-corrected chi connectivity index (χ3v) is 3.28. The predicted octanol–water partition coefficient (Wildman–Crippen LogP) is 1.92. The molecule has 0 bridgehead atoms. The maximum absolute atomic E-state index is 11.5. The van der Waals surface area contributed by atoms with Gasteiger partial charge in [0.2, 0.25) is 0 Å². The van der Waals surface area contributed by atoms with Gasteiger partial charge in [-0.25, -0.2) is 4.79 Å². The van der Waals surface area contributed by atoms with Gasteiger partial charge in [-0.1, -0.05) is 6.92 Å².